The monoisotopic (exact) mass is 448 g/mol. The van der Waals surface area contributed by atoms with Crippen molar-refractivity contribution in [2.45, 2.75) is 52.9 Å². The van der Waals surface area contributed by atoms with Crippen LogP contribution in [0.2, 0.25) is 0 Å². The van der Waals surface area contributed by atoms with Crippen LogP contribution < -0.4 is 0 Å². The van der Waals surface area contributed by atoms with Crippen molar-refractivity contribution in [3.8, 4) is 0 Å². The average molecular weight is 449 g/mol. The van der Waals surface area contributed by atoms with Gasteiger partial charge in [-0.3, -0.25) is 9.35 Å². The highest BCUT2D eigenvalue weighted by Gasteiger charge is 2.43. The molecule has 0 aliphatic rings. The molecule has 10 heteroatoms. The van der Waals surface area contributed by atoms with E-state index in [4.69, 9.17) is 18.8 Å². The first-order valence-electron chi connectivity index (χ1n) is 9.62. The molecule has 0 amide bonds. The molecule has 30 heavy (non-hydrogen) atoms. The van der Waals surface area contributed by atoms with Crippen molar-refractivity contribution < 1.29 is 41.6 Å². The van der Waals surface area contributed by atoms with E-state index in [0.29, 0.717) is 6.42 Å². The lowest BCUT2D eigenvalue weighted by Gasteiger charge is -2.30. The molecule has 0 radical (unpaired) electrons. The van der Waals surface area contributed by atoms with Gasteiger partial charge >= 0.3 is 17.9 Å². The number of carbonyl (C=O) groups is 3. The number of esters is 3. The minimum absolute atomic E-state index is 0.119. The lowest BCUT2D eigenvalue weighted by molar-refractivity contribution is -0.170. The van der Waals surface area contributed by atoms with E-state index in [2.05, 4.69) is 13.2 Å². The Balaban J connectivity index is 5.62. The maximum Gasteiger partial charge on any atom is 0.333 e. The summed E-state index contributed by atoms with van der Waals surface area (Å²) in [6.07, 6.45) is 3.35. The van der Waals surface area contributed by atoms with E-state index in [0.717, 1.165) is 19.3 Å². The fourth-order valence-electron chi connectivity index (χ4n) is 2.34. The molecule has 0 aliphatic heterocycles. The van der Waals surface area contributed by atoms with Crippen molar-refractivity contribution in [3.05, 3.63) is 24.3 Å². The summed E-state index contributed by atoms with van der Waals surface area (Å²) in [5.74, 6) is -3.15. The number of hydrogen-bond donors (Lipinski definition) is 1. The zero-order chi connectivity index (χ0) is 23.4. The smallest absolute Gasteiger partial charge is 0.333 e. The Morgan fingerprint density at radius 1 is 0.900 bits per heavy atom. The Bertz CT molecular complexity index is 707. The third-order valence-electron chi connectivity index (χ3n) is 4.17. The van der Waals surface area contributed by atoms with Gasteiger partial charge in [0.05, 0.1) is 0 Å². The van der Waals surface area contributed by atoms with Gasteiger partial charge in [-0.2, -0.15) is 8.42 Å². The zero-order valence-electron chi connectivity index (χ0n) is 17.9. The highest BCUT2D eigenvalue weighted by Crippen LogP contribution is 2.29. The van der Waals surface area contributed by atoms with E-state index in [9.17, 15) is 22.8 Å². The lowest BCUT2D eigenvalue weighted by atomic mass is 9.83. The summed E-state index contributed by atoms with van der Waals surface area (Å²) in [7, 11) is -4.33. The molecular formula is C20H32O9S. The van der Waals surface area contributed by atoms with Crippen molar-refractivity contribution in [1.29, 1.82) is 0 Å². The van der Waals surface area contributed by atoms with Gasteiger partial charge < -0.3 is 14.2 Å². The van der Waals surface area contributed by atoms with Crippen molar-refractivity contribution in [3.63, 3.8) is 0 Å². The Kier molecular flexibility index (Phi) is 12.2. The molecule has 0 fully saturated rings. The fraction of sp³-hybridized carbons (Fsp3) is 0.650. The predicted octanol–water partition coefficient (Wildman–Crippen LogP) is 2.61. The number of hydrogen-bond acceptors (Lipinski definition) is 8. The molecular weight excluding hydrogens is 416 g/mol. The molecule has 0 aromatic carbocycles. The van der Waals surface area contributed by atoms with E-state index in [1.165, 1.54) is 13.8 Å². The highest BCUT2D eigenvalue weighted by molar-refractivity contribution is 7.85. The number of unbranched alkanes of at least 4 members (excludes halogenated alkanes) is 3. The van der Waals surface area contributed by atoms with E-state index >= 15 is 0 Å². The molecule has 172 valence electrons. The van der Waals surface area contributed by atoms with E-state index in [1.54, 1.807) is 0 Å². The van der Waals surface area contributed by atoms with Crippen LogP contribution >= 0.6 is 0 Å². The molecule has 0 spiro atoms. The Morgan fingerprint density at radius 3 is 1.80 bits per heavy atom. The molecule has 0 aromatic heterocycles. The third kappa shape index (κ3) is 11.1. The summed E-state index contributed by atoms with van der Waals surface area (Å²) in [6.45, 7) is 10.4. The molecule has 0 heterocycles. The fourth-order valence-corrected chi connectivity index (χ4v) is 2.64. The lowest BCUT2D eigenvalue weighted by Crippen LogP contribution is -2.43. The molecule has 0 atom stereocenters. The molecule has 0 rings (SSSR count). The summed E-state index contributed by atoms with van der Waals surface area (Å²) < 4.78 is 46.0. The molecule has 9 nitrogen and oxygen atoms in total. The summed E-state index contributed by atoms with van der Waals surface area (Å²) >= 11 is 0. The van der Waals surface area contributed by atoms with E-state index < -0.39 is 59.0 Å². The second-order valence-corrected chi connectivity index (χ2v) is 8.80. The van der Waals surface area contributed by atoms with Crippen LogP contribution in [-0.4, -0.2) is 56.5 Å². The van der Waals surface area contributed by atoms with E-state index in [-0.39, 0.29) is 17.6 Å². The minimum Gasteiger partial charge on any atom is -0.464 e. The quantitative estimate of drug-likeness (QED) is 0.132. The van der Waals surface area contributed by atoms with Crippen LogP contribution in [0.5, 0.6) is 0 Å². The summed E-state index contributed by atoms with van der Waals surface area (Å²) in [5, 5.41) is 0. The Labute approximate surface area is 178 Å². The summed E-state index contributed by atoms with van der Waals surface area (Å²) in [4.78, 5) is 36.6. The minimum atomic E-state index is -4.33. The molecule has 0 unspecified atom stereocenters. The first kappa shape index (κ1) is 27.8. The highest BCUT2D eigenvalue weighted by atomic mass is 32.2. The SMILES string of the molecule is C=C(C)C(=O)OCC(CCCCCC)(COC(=O)C(=C)C)C(=O)OCCS(=O)(=O)O. The molecule has 0 saturated heterocycles. The van der Waals surface area contributed by atoms with Gasteiger partial charge in [0.2, 0.25) is 0 Å². The first-order chi connectivity index (χ1) is 13.8. The van der Waals surface area contributed by atoms with Crippen molar-refractivity contribution in [1.82, 2.24) is 0 Å². The van der Waals surface area contributed by atoms with Gasteiger partial charge in [-0.1, -0.05) is 45.8 Å². The van der Waals surface area contributed by atoms with Crippen LogP contribution in [0.15, 0.2) is 24.3 Å². The largest absolute Gasteiger partial charge is 0.464 e. The van der Waals surface area contributed by atoms with Gasteiger partial charge in [-0.25, -0.2) is 9.59 Å². The number of rotatable bonds is 15. The van der Waals surface area contributed by atoms with Crippen LogP contribution in [0.4, 0.5) is 0 Å². The van der Waals surface area contributed by atoms with Crippen LogP contribution in [0.1, 0.15) is 52.9 Å². The molecule has 0 aliphatic carbocycles. The number of carbonyl (C=O) groups excluding carboxylic acids is 3. The van der Waals surface area contributed by atoms with Crippen molar-refractivity contribution in [2.75, 3.05) is 25.6 Å². The van der Waals surface area contributed by atoms with Gasteiger partial charge in [0.15, 0.2) is 0 Å². The average Bonchev–Trinajstić information content (AvgIpc) is 2.64. The van der Waals surface area contributed by atoms with Gasteiger partial charge in [-0.15, -0.1) is 0 Å². The maximum atomic E-state index is 12.9. The van der Waals surface area contributed by atoms with Gasteiger partial charge in [0.25, 0.3) is 10.1 Å². The third-order valence-corrected chi connectivity index (χ3v) is 4.85. The van der Waals surface area contributed by atoms with Crippen LogP contribution in [0, 0.1) is 5.41 Å². The Hall–Kier alpha value is -2.20. The zero-order valence-corrected chi connectivity index (χ0v) is 18.7. The summed E-state index contributed by atoms with van der Waals surface area (Å²) in [6, 6.07) is 0. The maximum absolute atomic E-state index is 12.9. The van der Waals surface area contributed by atoms with Crippen molar-refractivity contribution in [2.24, 2.45) is 5.41 Å². The van der Waals surface area contributed by atoms with Crippen molar-refractivity contribution >= 4 is 28.0 Å². The molecule has 0 saturated carbocycles. The molecule has 1 N–H and O–H groups in total. The van der Waals surface area contributed by atoms with E-state index in [1.807, 2.05) is 6.92 Å². The second kappa shape index (κ2) is 13.2. The Morgan fingerprint density at radius 2 is 1.40 bits per heavy atom. The summed E-state index contributed by atoms with van der Waals surface area (Å²) in [5.41, 5.74) is -1.30. The molecule has 0 aromatic rings. The normalized spacial score (nSPS) is 11.5. The standard InChI is InChI=1S/C20H32O9S/c1-6-7-8-9-10-20(13-28-17(21)15(2)3,14-29-18(22)16(4)5)19(23)27-11-12-30(24,25)26/h2,4,6-14H2,1,3,5H3,(H,24,25,26). The van der Waals surface area contributed by atoms with Gasteiger partial charge in [-0.05, 0) is 20.3 Å². The number of ether oxygens (including phenoxy) is 3. The molecule has 0 bridgehead atoms. The van der Waals surface area contributed by atoms with Gasteiger partial charge in [0, 0.05) is 11.1 Å². The topological polar surface area (TPSA) is 133 Å². The van der Waals surface area contributed by atoms with Crippen LogP contribution in [0.3, 0.4) is 0 Å². The predicted molar refractivity (Wildman–Crippen MR) is 110 cm³/mol. The second-order valence-electron chi connectivity index (χ2n) is 7.23. The van der Waals surface area contributed by atoms with Crippen LogP contribution in [0.25, 0.3) is 0 Å². The first-order valence-corrected chi connectivity index (χ1v) is 11.2. The van der Waals surface area contributed by atoms with Gasteiger partial charge in [0.1, 0.15) is 31.0 Å². The van der Waals surface area contributed by atoms with Crippen LogP contribution in [-0.2, 0) is 38.7 Å².